The third kappa shape index (κ3) is 2.03. The Bertz CT molecular complexity index is 340. The lowest BCUT2D eigenvalue weighted by Gasteiger charge is -1.88. The first-order valence-electron chi connectivity index (χ1n) is 4.88. The van der Waals surface area contributed by atoms with Crippen molar-refractivity contribution in [2.45, 2.75) is 0 Å². The summed E-state index contributed by atoms with van der Waals surface area (Å²) in [6.07, 6.45) is 0. The molecule has 0 unspecified atom stereocenters. The highest BCUT2D eigenvalue weighted by atomic mass is 16.2. The molecule has 0 radical (unpaired) electrons. The van der Waals surface area contributed by atoms with Crippen LogP contribution in [0.3, 0.4) is 0 Å². The van der Waals surface area contributed by atoms with Gasteiger partial charge in [0, 0.05) is 0 Å². The number of rotatable bonds is 2. The first-order valence-corrected chi connectivity index (χ1v) is 2.88. The molecular weight excluding hydrogens is 124 g/mol. The molecule has 0 amide bonds. The molecule has 1 aromatic carbocycles. The fourth-order valence-electron chi connectivity index (χ4n) is 0.622. The van der Waals surface area contributed by atoms with Gasteiger partial charge in [-0.3, -0.25) is 0 Å². The van der Waals surface area contributed by atoms with Gasteiger partial charge in [-0.25, -0.2) is 0 Å². The van der Waals surface area contributed by atoms with Crippen LogP contribution in [0.5, 0.6) is 0 Å². The molecule has 1 aromatic rings. The Morgan fingerprint density at radius 2 is 2.20 bits per heavy atom. The van der Waals surface area contributed by atoms with Gasteiger partial charge in [0.1, 0.15) is 0 Å². The Morgan fingerprint density at radius 1 is 1.50 bits per heavy atom. The maximum Gasteiger partial charge on any atom is 0.0627 e. The minimum atomic E-state index is -2.76. The molecule has 1 N–H and O–H groups in total. The average Bonchev–Trinajstić information content (AvgIpc) is 2.15. The summed E-state index contributed by atoms with van der Waals surface area (Å²) < 4.78 is 28.4. The monoisotopic (exact) mass is 138 g/mol. The second-order valence-corrected chi connectivity index (χ2v) is 1.73. The summed E-state index contributed by atoms with van der Waals surface area (Å²) in [4.78, 5) is 0. The minimum absolute atomic E-state index is 0.307. The second-order valence-electron chi connectivity index (χ2n) is 1.73. The van der Waals surface area contributed by atoms with Gasteiger partial charge in [-0.15, -0.1) is 0 Å². The molecule has 0 atom stereocenters. The number of benzene rings is 1. The van der Waals surface area contributed by atoms with Crippen molar-refractivity contribution in [2.24, 2.45) is 0 Å². The Balaban J connectivity index is 3.12. The number of aliphatic hydroxyl groups is 1. The standard InChI is InChI=1S/C9H10O/c10-8-4-7-9-5-2-1-3-6-9/h1-7,10H,8H2/b7-4+/i4D,7D,8D2. The predicted molar refractivity (Wildman–Crippen MR) is 42.6 cm³/mol. The molecule has 0 heterocycles. The van der Waals surface area contributed by atoms with Crippen LogP contribution >= 0.6 is 0 Å². The van der Waals surface area contributed by atoms with Gasteiger partial charge < -0.3 is 5.11 Å². The van der Waals surface area contributed by atoms with E-state index in [4.69, 9.17) is 10.6 Å². The van der Waals surface area contributed by atoms with E-state index in [0.29, 0.717) is 5.56 Å². The summed E-state index contributed by atoms with van der Waals surface area (Å²) in [6, 6.07) is 7.26. The molecule has 0 aliphatic rings. The lowest BCUT2D eigenvalue weighted by atomic mass is 10.2. The van der Waals surface area contributed by atoms with Crippen molar-refractivity contribution in [2.75, 3.05) is 6.56 Å². The minimum Gasteiger partial charge on any atom is -0.392 e. The van der Waals surface area contributed by atoms with Crippen LogP contribution in [0.4, 0.5) is 0 Å². The number of hydrogen-bond acceptors (Lipinski definition) is 1. The zero-order valence-corrected chi connectivity index (χ0v) is 5.33. The smallest absolute Gasteiger partial charge is 0.0627 e. The summed E-state index contributed by atoms with van der Waals surface area (Å²) in [5, 5.41) is 8.89. The van der Waals surface area contributed by atoms with E-state index < -0.39 is 12.6 Å². The highest BCUT2D eigenvalue weighted by Crippen LogP contribution is 1.99. The first-order chi connectivity index (χ1) is 6.43. The summed E-state index contributed by atoms with van der Waals surface area (Å²) >= 11 is 0. The van der Waals surface area contributed by atoms with Crippen LogP contribution in [0.1, 0.15) is 11.0 Å². The van der Waals surface area contributed by atoms with Crippen LogP contribution in [0.25, 0.3) is 6.05 Å². The van der Waals surface area contributed by atoms with Gasteiger partial charge in [-0.1, -0.05) is 42.4 Å². The Hall–Kier alpha value is -1.08. The van der Waals surface area contributed by atoms with Crippen molar-refractivity contribution in [1.82, 2.24) is 0 Å². The molecule has 1 nitrogen and oxygen atoms in total. The summed E-state index contributed by atoms with van der Waals surface area (Å²) in [6.45, 7) is -2.76. The van der Waals surface area contributed by atoms with E-state index in [1.165, 1.54) is 0 Å². The topological polar surface area (TPSA) is 20.2 Å². The molecule has 0 fully saturated rings. The van der Waals surface area contributed by atoms with Crippen molar-refractivity contribution in [1.29, 1.82) is 0 Å². The summed E-state index contributed by atoms with van der Waals surface area (Å²) in [5.74, 6) is 0. The fraction of sp³-hybridized carbons (Fsp3) is 0.111. The van der Waals surface area contributed by atoms with Crippen LogP contribution in [-0.2, 0) is 0 Å². The lowest BCUT2D eigenvalue weighted by molar-refractivity contribution is 0.343. The largest absolute Gasteiger partial charge is 0.392 e. The maximum absolute atomic E-state index is 8.89. The van der Waals surface area contributed by atoms with Crippen LogP contribution in [0.15, 0.2) is 36.4 Å². The van der Waals surface area contributed by atoms with E-state index in [-0.39, 0.29) is 6.05 Å². The quantitative estimate of drug-likeness (QED) is 0.659. The Labute approximate surface area is 66.3 Å². The third-order valence-corrected chi connectivity index (χ3v) is 1.04. The third-order valence-electron chi connectivity index (χ3n) is 1.04. The fourth-order valence-corrected chi connectivity index (χ4v) is 0.622. The van der Waals surface area contributed by atoms with Crippen LogP contribution < -0.4 is 0 Å². The molecule has 0 saturated carbocycles. The van der Waals surface area contributed by atoms with Gasteiger partial charge in [0.25, 0.3) is 0 Å². The maximum atomic E-state index is 8.89. The zero-order chi connectivity index (χ0) is 10.8. The molecule has 1 rings (SSSR count). The van der Waals surface area contributed by atoms with Crippen molar-refractivity contribution >= 4 is 6.05 Å². The Kier molecular flexibility index (Phi) is 1.29. The zero-order valence-electron chi connectivity index (χ0n) is 9.33. The van der Waals surface area contributed by atoms with Gasteiger partial charge in [0.15, 0.2) is 0 Å². The molecule has 0 aliphatic heterocycles. The molecule has 0 saturated heterocycles. The lowest BCUT2D eigenvalue weighted by Crippen LogP contribution is -1.72. The SMILES string of the molecule is [2H]/C(=C(/[2H])C([2H])([2H])O)c1ccccc1. The normalized spacial score (nSPS) is 19.7. The summed E-state index contributed by atoms with van der Waals surface area (Å²) in [5.41, 5.74) is 0.412. The molecule has 52 valence electrons. The molecule has 0 spiro atoms. The van der Waals surface area contributed by atoms with Gasteiger partial charge in [0.05, 0.1) is 12.0 Å². The van der Waals surface area contributed by atoms with E-state index in [0.717, 1.165) is 0 Å². The van der Waals surface area contributed by atoms with E-state index in [2.05, 4.69) is 0 Å². The van der Waals surface area contributed by atoms with Gasteiger partial charge in [-0.05, 0) is 5.56 Å². The molecule has 0 bridgehead atoms. The van der Waals surface area contributed by atoms with Crippen molar-refractivity contribution in [3.63, 3.8) is 0 Å². The van der Waals surface area contributed by atoms with Crippen molar-refractivity contribution < 1.29 is 10.6 Å². The Morgan fingerprint density at radius 3 is 2.80 bits per heavy atom. The number of hydrogen-bond donors (Lipinski definition) is 1. The molecule has 1 heteroatoms. The average molecular weight is 138 g/mol. The van der Waals surface area contributed by atoms with Gasteiger partial charge in [0.2, 0.25) is 0 Å². The predicted octanol–water partition coefficient (Wildman–Crippen LogP) is 1.69. The highest BCUT2D eigenvalue weighted by molar-refractivity contribution is 5.48. The van der Waals surface area contributed by atoms with Crippen molar-refractivity contribution in [3.8, 4) is 0 Å². The first kappa shape index (κ1) is 3.35. The second kappa shape index (κ2) is 3.85. The molecular formula is C9H10O. The van der Waals surface area contributed by atoms with E-state index in [9.17, 15) is 0 Å². The molecule has 10 heavy (non-hydrogen) atoms. The van der Waals surface area contributed by atoms with Gasteiger partial charge >= 0.3 is 0 Å². The molecule has 0 aromatic heterocycles. The molecule has 0 aliphatic carbocycles. The summed E-state index contributed by atoms with van der Waals surface area (Å²) in [7, 11) is 0. The van der Waals surface area contributed by atoms with Crippen LogP contribution in [0, 0.1) is 0 Å². The van der Waals surface area contributed by atoms with E-state index in [1.54, 1.807) is 30.3 Å². The van der Waals surface area contributed by atoms with E-state index in [1.807, 2.05) is 0 Å². The van der Waals surface area contributed by atoms with Crippen LogP contribution in [0.2, 0.25) is 0 Å². The van der Waals surface area contributed by atoms with Gasteiger partial charge in [-0.2, -0.15) is 0 Å². The van der Waals surface area contributed by atoms with E-state index >= 15 is 0 Å². The van der Waals surface area contributed by atoms with Crippen molar-refractivity contribution in [3.05, 3.63) is 41.9 Å². The highest BCUT2D eigenvalue weighted by Gasteiger charge is 1.79. The van der Waals surface area contributed by atoms with Crippen LogP contribution in [-0.4, -0.2) is 11.7 Å².